The van der Waals surface area contributed by atoms with Crippen molar-refractivity contribution in [3.05, 3.63) is 57.6 Å². The van der Waals surface area contributed by atoms with Gasteiger partial charge in [0.1, 0.15) is 37.7 Å². The second-order valence-electron chi connectivity index (χ2n) is 15.7. The highest BCUT2D eigenvalue weighted by Gasteiger charge is 2.31. The first-order valence-corrected chi connectivity index (χ1v) is 13.3. The molecule has 2 aromatic carbocycles. The average molecular weight is 1020 g/mol. The van der Waals surface area contributed by atoms with Crippen molar-refractivity contribution in [2.75, 3.05) is 84.6 Å². The molecule has 2 aromatic rings. The number of phenols is 2. The van der Waals surface area contributed by atoms with Gasteiger partial charge in [0.05, 0.1) is 84.6 Å². The largest absolute Gasteiger partial charge is 1.00 e. The number of hydrogen-bond donors (Lipinski definition) is 2. The fraction of sp³-hybridized carbons (Fsp3) is 0.613. The zero-order chi connectivity index (χ0) is 28.8. The van der Waals surface area contributed by atoms with Crippen molar-refractivity contribution < 1.29 is 124 Å². The van der Waals surface area contributed by atoms with Crippen LogP contribution in [0.5, 0.6) is 11.5 Å². The summed E-state index contributed by atoms with van der Waals surface area (Å²) in [7, 11) is 25.9. The summed E-state index contributed by atoms with van der Waals surface area (Å²) in [6.07, 6.45) is 0. The van der Waals surface area contributed by atoms with Crippen molar-refractivity contribution in [2.24, 2.45) is 0 Å². The molecule has 0 radical (unpaired) electrons. The van der Waals surface area contributed by atoms with Gasteiger partial charge in [0.2, 0.25) is 0 Å². The van der Waals surface area contributed by atoms with Crippen molar-refractivity contribution in [1.29, 1.82) is 0 Å². The number of halogens is 4. The van der Waals surface area contributed by atoms with Gasteiger partial charge in [-0.2, -0.15) is 0 Å². The van der Waals surface area contributed by atoms with Gasteiger partial charge in [0.25, 0.3) is 0 Å². The van der Waals surface area contributed by atoms with Gasteiger partial charge >= 0.3 is 0 Å². The molecule has 0 spiro atoms. The molecule has 0 unspecified atom stereocenters. The second kappa shape index (κ2) is 16.4. The highest BCUT2D eigenvalue weighted by molar-refractivity contribution is 5.52. The van der Waals surface area contributed by atoms with Crippen LogP contribution in [0.2, 0.25) is 0 Å². The van der Waals surface area contributed by atoms with Gasteiger partial charge in [-0.1, -0.05) is 13.8 Å². The maximum Gasteiger partial charge on any atom is 0.133 e. The molecular formula is C31H56I4N4O2. The minimum Gasteiger partial charge on any atom is -1.00 e. The third kappa shape index (κ3) is 14.6. The van der Waals surface area contributed by atoms with Crippen LogP contribution >= 0.6 is 0 Å². The first-order valence-electron chi connectivity index (χ1n) is 13.3. The molecule has 0 aromatic heterocycles. The molecule has 0 fully saturated rings. The van der Waals surface area contributed by atoms with E-state index in [1.165, 1.54) is 11.1 Å². The van der Waals surface area contributed by atoms with Gasteiger partial charge in [0, 0.05) is 27.7 Å². The van der Waals surface area contributed by atoms with E-state index >= 15 is 0 Å². The second-order valence-corrected chi connectivity index (χ2v) is 15.7. The molecule has 0 saturated heterocycles. The summed E-state index contributed by atoms with van der Waals surface area (Å²) in [4.78, 5) is 0. The fourth-order valence-electron chi connectivity index (χ4n) is 4.93. The molecule has 2 N–H and O–H groups in total. The zero-order valence-corrected chi connectivity index (χ0v) is 36.5. The summed E-state index contributed by atoms with van der Waals surface area (Å²) in [5.41, 5.74) is 6.00. The van der Waals surface area contributed by atoms with Gasteiger partial charge in [-0.15, -0.1) is 0 Å². The molecule has 0 amide bonds. The lowest BCUT2D eigenvalue weighted by Gasteiger charge is -2.33. The maximum atomic E-state index is 11.3. The van der Waals surface area contributed by atoms with Crippen LogP contribution in [0.3, 0.4) is 0 Å². The minimum atomic E-state index is -0.320. The predicted octanol–water partition coefficient (Wildman–Crippen LogP) is -7.74. The van der Waals surface area contributed by atoms with Crippen molar-refractivity contribution in [2.45, 2.75) is 45.4 Å². The van der Waals surface area contributed by atoms with Gasteiger partial charge < -0.3 is 124 Å². The quantitative estimate of drug-likeness (QED) is 0.184. The van der Waals surface area contributed by atoms with E-state index in [4.69, 9.17) is 0 Å². The molecule has 0 bridgehead atoms. The Balaban J connectivity index is -0.00000361. The van der Waals surface area contributed by atoms with E-state index in [1.54, 1.807) is 0 Å². The minimum absolute atomic E-state index is 0. The van der Waals surface area contributed by atoms with Crippen LogP contribution in [0, 0.1) is 0 Å². The van der Waals surface area contributed by atoms with Crippen molar-refractivity contribution in [3.8, 4) is 11.5 Å². The summed E-state index contributed by atoms with van der Waals surface area (Å²) in [6, 6.07) is 8.79. The van der Waals surface area contributed by atoms with Crippen molar-refractivity contribution in [3.63, 3.8) is 0 Å². The Morgan fingerprint density at radius 3 is 0.756 bits per heavy atom. The van der Waals surface area contributed by atoms with Gasteiger partial charge in [0.15, 0.2) is 0 Å². The van der Waals surface area contributed by atoms with Gasteiger partial charge in [-0.25, -0.2) is 0 Å². The van der Waals surface area contributed by atoms with Gasteiger partial charge in [-0.3, -0.25) is 0 Å². The van der Waals surface area contributed by atoms with E-state index < -0.39 is 0 Å². The number of aromatic hydroxyl groups is 2. The smallest absolute Gasteiger partial charge is 0.133 e. The van der Waals surface area contributed by atoms with Crippen molar-refractivity contribution >= 4 is 0 Å². The number of hydrogen-bond acceptors (Lipinski definition) is 2. The molecule has 0 aliphatic carbocycles. The molecule has 41 heavy (non-hydrogen) atoms. The third-order valence-electron chi connectivity index (χ3n) is 6.56. The first-order chi connectivity index (χ1) is 16.4. The Labute approximate surface area is 319 Å². The van der Waals surface area contributed by atoms with Gasteiger partial charge in [-0.05, 0) is 35.4 Å². The number of benzene rings is 2. The Morgan fingerprint density at radius 2 is 0.610 bits per heavy atom. The Kier molecular flexibility index (Phi) is 18.5. The lowest BCUT2D eigenvalue weighted by atomic mass is 9.75. The summed E-state index contributed by atoms with van der Waals surface area (Å²) in [5, 5.41) is 22.6. The molecule has 0 saturated carbocycles. The molecule has 2 rings (SSSR count). The maximum absolute atomic E-state index is 11.3. The predicted molar refractivity (Wildman–Crippen MR) is 155 cm³/mol. The third-order valence-corrected chi connectivity index (χ3v) is 6.56. The summed E-state index contributed by atoms with van der Waals surface area (Å²) in [5.74, 6) is 0.839. The summed E-state index contributed by atoms with van der Waals surface area (Å²) in [6.45, 7) is 7.51. The van der Waals surface area contributed by atoms with Crippen LogP contribution in [0.4, 0.5) is 0 Å². The highest BCUT2D eigenvalue weighted by atomic mass is 127. The van der Waals surface area contributed by atoms with E-state index in [-0.39, 0.29) is 101 Å². The number of nitrogens with zero attached hydrogens (tertiary/aromatic N) is 4. The number of quaternary nitrogens is 4. The molecule has 0 aliphatic heterocycles. The Bertz CT molecular complexity index is 965. The van der Waals surface area contributed by atoms with E-state index in [0.717, 1.165) is 66.4 Å². The van der Waals surface area contributed by atoms with Crippen LogP contribution in [0.25, 0.3) is 0 Å². The van der Waals surface area contributed by atoms with Crippen LogP contribution in [-0.2, 0) is 31.6 Å². The number of rotatable bonds is 10. The normalized spacial score (nSPS) is 12.4. The van der Waals surface area contributed by atoms with Crippen LogP contribution in [0.1, 0.15) is 47.2 Å². The Morgan fingerprint density at radius 1 is 0.439 bits per heavy atom. The van der Waals surface area contributed by atoms with Crippen LogP contribution in [-0.4, -0.2) is 113 Å². The molecule has 6 nitrogen and oxygen atoms in total. The zero-order valence-electron chi connectivity index (χ0n) is 27.8. The molecular weight excluding hydrogens is 968 g/mol. The lowest BCUT2D eigenvalue weighted by molar-refractivity contribution is -0.884. The summed E-state index contributed by atoms with van der Waals surface area (Å²) < 4.78 is 2.95. The van der Waals surface area contributed by atoms with E-state index in [2.05, 4.69) is 123 Å². The van der Waals surface area contributed by atoms with Crippen molar-refractivity contribution in [1.82, 2.24) is 0 Å². The summed E-state index contributed by atoms with van der Waals surface area (Å²) >= 11 is 0. The fourth-order valence-corrected chi connectivity index (χ4v) is 4.93. The molecule has 0 atom stereocenters. The van der Waals surface area contributed by atoms with E-state index in [9.17, 15) is 10.2 Å². The van der Waals surface area contributed by atoms with Crippen LogP contribution in [0.15, 0.2) is 24.3 Å². The van der Waals surface area contributed by atoms with Crippen LogP contribution < -0.4 is 95.9 Å². The number of phenolic OH excluding ortho intramolecular Hbond substituents is 2. The molecule has 0 aliphatic rings. The first kappa shape index (κ1) is 46.2. The van der Waals surface area contributed by atoms with E-state index in [0.29, 0.717) is 11.5 Å². The molecule has 10 heteroatoms. The topological polar surface area (TPSA) is 40.5 Å². The monoisotopic (exact) mass is 1020 g/mol. The van der Waals surface area contributed by atoms with E-state index in [1.807, 2.05) is 0 Å². The molecule has 0 heterocycles. The standard InChI is InChI=1S/C31H54N4O2.4HI/c1-31(2,27-15-23(19-32(3,4)5)29(36)24(16-27)20-33(6,7)8)28-17-25(21-34(9,10)11)30(37)26(18-28)22-35(12,13)14;;;;/h15-18H,19-22H2,1-14H3;4*1H/q+2;;;;/p-2. The lowest BCUT2D eigenvalue weighted by Crippen LogP contribution is -3.00. The SMILES string of the molecule is CC(C)(c1cc(C[N+](C)(C)C)c(O)c(C[N+](C)(C)C)c1)c1cc(C[N+](C)(C)C)c(O)c(C[N+](C)(C)C)c1.[I-].[I-].[I-].[I-]. The Hall–Kier alpha value is 0.800. The molecule has 240 valence electrons. The highest BCUT2D eigenvalue weighted by Crippen LogP contribution is 2.40. The average Bonchev–Trinajstić information content (AvgIpc) is 2.63.